The Morgan fingerprint density at radius 3 is 2.57 bits per heavy atom. The molecule has 8 heteroatoms. The highest BCUT2D eigenvalue weighted by Crippen LogP contribution is 2.28. The number of imide groups is 1. The largest absolute Gasteiger partial charge is 0.338 e. The third-order valence-electron chi connectivity index (χ3n) is 3.13. The molecule has 1 N–H and O–H groups in total. The molecule has 0 saturated carbocycles. The van der Waals surface area contributed by atoms with Crippen LogP contribution in [0.2, 0.25) is 0 Å². The Hall–Kier alpha value is -1.93. The monoisotopic (exact) mass is 368 g/mol. The first-order chi connectivity index (χ1) is 9.89. The number of carbonyl (C=O) groups is 2. The second-order valence-corrected chi connectivity index (χ2v) is 7.23. The van der Waals surface area contributed by atoms with Gasteiger partial charge in [0.15, 0.2) is 0 Å². The highest BCUT2D eigenvalue weighted by Gasteiger charge is 2.38. The van der Waals surface area contributed by atoms with Gasteiger partial charge in [-0.15, -0.1) is 0 Å². The Morgan fingerprint density at radius 2 is 1.90 bits per heavy atom. The van der Waals surface area contributed by atoms with E-state index in [1.54, 1.807) is 30.3 Å². The molecule has 1 aliphatic heterocycles. The van der Waals surface area contributed by atoms with E-state index >= 15 is 0 Å². The molecule has 2 aromatic rings. The first-order valence-electron chi connectivity index (χ1n) is 5.94. The van der Waals surface area contributed by atoms with Crippen LogP contribution in [0.15, 0.2) is 45.8 Å². The van der Waals surface area contributed by atoms with Crippen molar-refractivity contribution in [3.8, 4) is 0 Å². The first kappa shape index (κ1) is 14.0. The molecule has 0 aromatic heterocycles. The molecule has 1 aliphatic rings. The van der Waals surface area contributed by atoms with Crippen molar-refractivity contribution in [2.75, 3.05) is 6.54 Å². The molecule has 108 valence electrons. The quantitative estimate of drug-likeness (QED) is 0.819. The van der Waals surface area contributed by atoms with Crippen molar-refractivity contribution in [2.45, 2.75) is 4.90 Å². The fraction of sp³-hybridized carbons (Fsp3) is 0.0769. The Balaban J connectivity index is 2.22. The summed E-state index contributed by atoms with van der Waals surface area (Å²) in [4.78, 5) is 22.8. The number of hydrogen-bond acceptors (Lipinski definition) is 4. The van der Waals surface area contributed by atoms with Crippen molar-refractivity contribution in [2.24, 2.45) is 0 Å². The maximum absolute atomic E-state index is 12.6. The van der Waals surface area contributed by atoms with Crippen LogP contribution in [-0.4, -0.2) is 31.2 Å². The van der Waals surface area contributed by atoms with E-state index in [0.717, 1.165) is 9.86 Å². The van der Waals surface area contributed by atoms with Crippen molar-refractivity contribution in [1.82, 2.24) is 9.62 Å². The van der Waals surface area contributed by atoms with Crippen molar-refractivity contribution < 1.29 is 18.0 Å². The molecule has 1 saturated heterocycles. The lowest BCUT2D eigenvalue weighted by molar-refractivity contribution is -0.118. The van der Waals surface area contributed by atoms with E-state index in [-0.39, 0.29) is 4.90 Å². The fourth-order valence-corrected chi connectivity index (χ4v) is 4.03. The minimum Gasteiger partial charge on any atom is -0.275 e. The molecule has 0 spiro atoms. The van der Waals surface area contributed by atoms with Gasteiger partial charge < -0.3 is 0 Å². The van der Waals surface area contributed by atoms with E-state index in [4.69, 9.17) is 0 Å². The van der Waals surface area contributed by atoms with Gasteiger partial charge in [0.05, 0.1) is 4.90 Å². The number of nitrogens with one attached hydrogen (secondary N) is 1. The molecule has 2 aromatic carbocycles. The number of carbonyl (C=O) groups excluding carboxylic acids is 2. The molecule has 0 radical (unpaired) electrons. The molecule has 21 heavy (non-hydrogen) atoms. The number of hydrogen-bond donors (Lipinski definition) is 1. The number of urea groups is 1. The Labute approximate surface area is 128 Å². The number of nitrogens with zero attached hydrogens (tertiary/aromatic N) is 1. The highest BCUT2D eigenvalue weighted by molar-refractivity contribution is 9.10. The Morgan fingerprint density at radius 1 is 1.14 bits per heavy atom. The summed E-state index contributed by atoms with van der Waals surface area (Å²) >= 11 is 3.30. The molecule has 0 unspecified atom stereocenters. The van der Waals surface area contributed by atoms with E-state index in [9.17, 15) is 18.0 Å². The maximum atomic E-state index is 12.6. The van der Waals surface area contributed by atoms with Gasteiger partial charge in [0.1, 0.15) is 6.54 Å². The minimum atomic E-state index is -4.08. The number of amides is 3. The standard InChI is InChI=1S/C13H9BrN2O4S/c14-9-5-4-8-2-1-3-11(10(8)6-9)21(19,20)16-7-12(17)15-13(16)18/h1-6H,7H2,(H,15,17,18). The lowest BCUT2D eigenvalue weighted by Gasteiger charge is -2.15. The van der Waals surface area contributed by atoms with Crippen LogP contribution in [0.1, 0.15) is 0 Å². The van der Waals surface area contributed by atoms with Gasteiger partial charge in [0.25, 0.3) is 10.0 Å². The van der Waals surface area contributed by atoms with Crippen molar-refractivity contribution in [3.63, 3.8) is 0 Å². The zero-order valence-electron chi connectivity index (χ0n) is 10.5. The van der Waals surface area contributed by atoms with Crippen LogP contribution >= 0.6 is 15.9 Å². The third-order valence-corrected chi connectivity index (χ3v) is 5.41. The summed E-state index contributed by atoms with van der Waals surface area (Å²) in [6.07, 6.45) is 0. The van der Waals surface area contributed by atoms with Crippen LogP contribution in [0.4, 0.5) is 4.79 Å². The number of halogens is 1. The van der Waals surface area contributed by atoms with E-state index < -0.39 is 28.5 Å². The average molecular weight is 369 g/mol. The summed E-state index contributed by atoms with van der Waals surface area (Å²) in [5, 5.41) is 3.17. The van der Waals surface area contributed by atoms with Gasteiger partial charge in [-0.25, -0.2) is 17.5 Å². The SMILES string of the molecule is O=C1CN(S(=O)(=O)c2cccc3ccc(Br)cc23)C(=O)N1. The van der Waals surface area contributed by atoms with Crippen molar-refractivity contribution in [3.05, 3.63) is 40.9 Å². The molecule has 3 amide bonds. The van der Waals surface area contributed by atoms with Gasteiger partial charge in [-0.2, -0.15) is 0 Å². The Kier molecular flexibility index (Phi) is 3.22. The van der Waals surface area contributed by atoms with E-state index in [1.165, 1.54) is 6.07 Å². The third kappa shape index (κ3) is 2.30. The number of sulfonamides is 1. The van der Waals surface area contributed by atoms with Crippen LogP contribution in [0.5, 0.6) is 0 Å². The minimum absolute atomic E-state index is 0.00819. The smallest absolute Gasteiger partial charge is 0.275 e. The van der Waals surface area contributed by atoms with E-state index in [1.807, 2.05) is 5.32 Å². The van der Waals surface area contributed by atoms with E-state index in [2.05, 4.69) is 15.9 Å². The molecule has 3 rings (SSSR count). The maximum Gasteiger partial charge on any atom is 0.338 e. The molecular formula is C13H9BrN2O4S. The van der Waals surface area contributed by atoms with Crippen molar-refractivity contribution >= 4 is 48.7 Å². The second-order valence-electron chi connectivity index (χ2n) is 4.49. The van der Waals surface area contributed by atoms with Crippen LogP contribution in [0.3, 0.4) is 0 Å². The zero-order chi connectivity index (χ0) is 15.2. The summed E-state index contributed by atoms with van der Waals surface area (Å²) in [6, 6.07) is 9.10. The van der Waals surface area contributed by atoms with Crippen LogP contribution in [-0.2, 0) is 14.8 Å². The lowest BCUT2D eigenvalue weighted by atomic mass is 10.1. The summed E-state index contributed by atoms with van der Waals surface area (Å²) < 4.78 is 26.5. The normalized spacial score (nSPS) is 15.6. The van der Waals surface area contributed by atoms with Crippen molar-refractivity contribution in [1.29, 1.82) is 0 Å². The summed E-state index contributed by atoms with van der Waals surface area (Å²) in [7, 11) is -4.08. The van der Waals surface area contributed by atoms with Crippen LogP contribution in [0, 0.1) is 0 Å². The molecule has 0 atom stereocenters. The number of benzene rings is 2. The number of fused-ring (bicyclic) bond motifs is 1. The lowest BCUT2D eigenvalue weighted by Crippen LogP contribution is -2.34. The van der Waals surface area contributed by atoms with Gasteiger partial charge in [0.2, 0.25) is 5.91 Å². The molecule has 0 bridgehead atoms. The average Bonchev–Trinajstić information content (AvgIpc) is 2.77. The van der Waals surface area contributed by atoms with E-state index in [0.29, 0.717) is 9.69 Å². The topological polar surface area (TPSA) is 83.6 Å². The second kappa shape index (κ2) is 4.81. The molecular weight excluding hydrogens is 360 g/mol. The van der Waals surface area contributed by atoms with Gasteiger partial charge >= 0.3 is 6.03 Å². The Bertz CT molecular complexity index is 879. The van der Waals surface area contributed by atoms with Gasteiger partial charge in [-0.3, -0.25) is 10.1 Å². The fourth-order valence-electron chi connectivity index (χ4n) is 2.18. The molecule has 6 nitrogen and oxygen atoms in total. The van der Waals surface area contributed by atoms with Crippen LogP contribution < -0.4 is 5.32 Å². The summed E-state index contributed by atoms with van der Waals surface area (Å²) in [6.45, 7) is -0.494. The highest BCUT2D eigenvalue weighted by atomic mass is 79.9. The van der Waals surface area contributed by atoms with Gasteiger partial charge in [-0.1, -0.05) is 34.1 Å². The molecule has 1 fully saturated rings. The number of rotatable bonds is 2. The zero-order valence-corrected chi connectivity index (χ0v) is 12.9. The summed E-state index contributed by atoms with van der Waals surface area (Å²) in [5.74, 6) is -0.634. The first-order valence-corrected chi connectivity index (χ1v) is 8.18. The molecule has 0 aliphatic carbocycles. The van der Waals surface area contributed by atoms with Gasteiger partial charge in [0, 0.05) is 9.86 Å². The van der Waals surface area contributed by atoms with Gasteiger partial charge in [-0.05, 0) is 23.6 Å². The predicted molar refractivity (Wildman–Crippen MR) is 79.1 cm³/mol. The summed E-state index contributed by atoms with van der Waals surface area (Å²) in [5.41, 5.74) is 0. The van der Waals surface area contributed by atoms with Crippen LogP contribution in [0.25, 0.3) is 10.8 Å². The molecule has 1 heterocycles. The predicted octanol–water partition coefficient (Wildman–Crippen LogP) is 1.84.